The number of rotatable bonds is 6. The van der Waals surface area contributed by atoms with Crippen LogP contribution in [0.4, 0.5) is 5.69 Å². The van der Waals surface area contributed by atoms with Gasteiger partial charge >= 0.3 is 5.97 Å². The van der Waals surface area contributed by atoms with Crippen LogP contribution in [-0.4, -0.2) is 30.3 Å². The minimum atomic E-state index is -0.996. The highest BCUT2D eigenvalue weighted by Crippen LogP contribution is 2.23. The molecule has 1 atom stereocenters. The molecule has 21 heavy (non-hydrogen) atoms. The number of aromatic nitrogens is 1. The van der Waals surface area contributed by atoms with Crippen molar-refractivity contribution in [3.63, 3.8) is 0 Å². The predicted octanol–water partition coefficient (Wildman–Crippen LogP) is 2.34. The Morgan fingerprint density at radius 1 is 1.24 bits per heavy atom. The van der Waals surface area contributed by atoms with Crippen molar-refractivity contribution < 1.29 is 19.4 Å². The maximum absolute atomic E-state index is 11.5. The molecule has 0 aliphatic rings. The van der Waals surface area contributed by atoms with E-state index in [-0.39, 0.29) is 0 Å². The topological polar surface area (TPSA) is 80.7 Å². The fourth-order valence-corrected chi connectivity index (χ4v) is 1.85. The van der Waals surface area contributed by atoms with Crippen LogP contribution in [0.3, 0.4) is 0 Å². The predicted molar refractivity (Wildman–Crippen MR) is 77.8 cm³/mol. The summed E-state index contributed by atoms with van der Waals surface area (Å²) in [6, 6.07) is 9.46. The highest BCUT2D eigenvalue weighted by Gasteiger charge is 2.20. The van der Waals surface area contributed by atoms with Gasteiger partial charge in [-0.05, 0) is 18.2 Å². The fraction of sp³-hybridized carbons (Fsp3) is 0.200. The Balaban J connectivity index is 2.23. The van der Waals surface area contributed by atoms with Crippen LogP contribution >= 0.6 is 0 Å². The van der Waals surface area contributed by atoms with Gasteiger partial charge in [0.25, 0.3) is 0 Å². The molecule has 2 N–H and O–H groups in total. The van der Waals surface area contributed by atoms with Gasteiger partial charge in [0.15, 0.2) is 6.04 Å². The monoisotopic (exact) mass is 288 g/mol. The zero-order chi connectivity index (χ0) is 15.2. The van der Waals surface area contributed by atoms with Gasteiger partial charge in [-0.15, -0.1) is 0 Å². The number of aliphatic carboxylic acids is 1. The molecule has 2 aromatic rings. The quantitative estimate of drug-likeness (QED) is 0.849. The molecule has 1 heterocycles. The lowest BCUT2D eigenvalue weighted by atomic mass is 10.1. The number of nitrogens with one attached hydrogen (secondary N) is 1. The Kier molecular flexibility index (Phi) is 4.61. The molecule has 0 saturated carbocycles. The molecular weight excluding hydrogens is 272 g/mol. The average Bonchev–Trinajstić information content (AvgIpc) is 2.52. The first kappa shape index (κ1) is 14.6. The first-order chi connectivity index (χ1) is 10.1. The van der Waals surface area contributed by atoms with E-state index in [0.717, 1.165) is 0 Å². The summed E-state index contributed by atoms with van der Waals surface area (Å²) in [5.74, 6) is 0.0889. The molecule has 0 aliphatic heterocycles. The first-order valence-corrected chi connectivity index (χ1v) is 6.27. The fourth-order valence-electron chi connectivity index (χ4n) is 1.85. The number of carboxylic acid groups (broad SMARTS) is 1. The molecule has 6 nitrogen and oxygen atoms in total. The lowest BCUT2D eigenvalue weighted by molar-refractivity contribution is -0.138. The van der Waals surface area contributed by atoms with E-state index >= 15 is 0 Å². The van der Waals surface area contributed by atoms with Crippen LogP contribution in [0, 0.1) is 0 Å². The summed E-state index contributed by atoms with van der Waals surface area (Å²) in [6.07, 6.45) is 1.48. The van der Waals surface area contributed by atoms with Gasteiger partial charge in [0, 0.05) is 29.6 Å². The number of nitrogens with zero attached hydrogens (tertiary/aromatic N) is 1. The Morgan fingerprint density at radius 2 is 2.05 bits per heavy atom. The number of ether oxygens (including phenoxy) is 2. The van der Waals surface area contributed by atoms with Crippen LogP contribution in [0.15, 0.2) is 42.6 Å². The summed E-state index contributed by atoms with van der Waals surface area (Å²) >= 11 is 0. The molecule has 0 aliphatic carbocycles. The van der Waals surface area contributed by atoms with E-state index in [1.807, 2.05) is 0 Å². The van der Waals surface area contributed by atoms with E-state index in [0.29, 0.717) is 22.9 Å². The van der Waals surface area contributed by atoms with Crippen molar-refractivity contribution in [1.82, 2.24) is 4.98 Å². The standard InChI is InChI=1S/C15H16N2O4/c1-20-12-5-3-4-11(8-12)17-14(15(18)19)10-6-7-13(21-2)16-9-10/h3-9,14,17H,1-2H3,(H,18,19). The Bertz CT molecular complexity index is 613. The number of pyridine rings is 1. The highest BCUT2D eigenvalue weighted by molar-refractivity contribution is 5.79. The van der Waals surface area contributed by atoms with E-state index in [1.54, 1.807) is 43.5 Å². The summed E-state index contributed by atoms with van der Waals surface area (Å²) in [5.41, 5.74) is 1.18. The van der Waals surface area contributed by atoms with Gasteiger partial charge in [-0.1, -0.05) is 6.07 Å². The molecule has 2 rings (SSSR count). The molecule has 0 fully saturated rings. The second kappa shape index (κ2) is 6.60. The lowest BCUT2D eigenvalue weighted by Gasteiger charge is -2.16. The van der Waals surface area contributed by atoms with E-state index in [9.17, 15) is 9.90 Å². The molecule has 0 saturated heterocycles. The van der Waals surface area contributed by atoms with Gasteiger partial charge in [-0.25, -0.2) is 9.78 Å². The number of methoxy groups -OCH3 is 2. The van der Waals surface area contributed by atoms with Gasteiger partial charge in [0.05, 0.1) is 14.2 Å². The molecule has 110 valence electrons. The first-order valence-electron chi connectivity index (χ1n) is 6.27. The Hall–Kier alpha value is -2.76. The number of anilines is 1. The van der Waals surface area contributed by atoms with Crippen LogP contribution < -0.4 is 14.8 Å². The zero-order valence-corrected chi connectivity index (χ0v) is 11.7. The van der Waals surface area contributed by atoms with Crippen molar-refractivity contribution >= 4 is 11.7 Å². The van der Waals surface area contributed by atoms with E-state index in [4.69, 9.17) is 9.47 Å². The smallest absolute Gasteiger partial charge is 0.330 e. The van der Waals surface area contributed by atoms with Crippen molar-refractivity contribution in [1.29, 1.82) is 0 Å². The third-order valence-corrected chi connectivity index (χ3v) is 2.93. The minimum Gasteiger partial charge on any atom is -0.497 e. The third kappa shape index (κ3) is 3.62. The molecule has 1 aromatic heterocycles. The molecule has 0 spiro atoms. The zero-order valence-electron chi connectivity index (χ0n) is 11.7. The summed E-state index contributed by atoms with van der Waals surface area (Å²) in [4.78, 5) is 15.5. The Morgan fingerprint density at radius 3 is 2.62 bits per heavy atom. The minimum absolute atomic E-state index is 0.435. The van der Waals surface area contributed by atoms with Crippen LogP contribution in [-0.2, 0) is 4.79 Å². The van der Waals surface area contributed by atoms with Crippen LogP contribution in [0.2, 0.25) is 0 Å². The summed E-state index contributed by atoms with van der Waals surface area (Å²) in [5, 5.41) is 12.3. The maximum atomic E-state index is 11.5. The molecule has 6 heteroatoms. The van der Waals surface area contributed by atoms with Crippen LogP contribution in [0.1, 0.15) is 11.6 Å². The van der Waals surface area contributed by atoms with E-state index in [1.165, 1.54) is 13.3 Å². The van der Waals surface area contributed by atoms with E-state index < -0.39 is 12.0 Å². The largest absolute Gasteiger partial charge is 0.497 e. The SMILES string of the molecule is COc1cccc(NC(C(=O)O)c2ccc(OC)nc2)c1. The average molecular weight is 288 g/mol. The lowest BCUT2D eigenvalue weighted by Crippen LogP contribution is -2.20. The van der Waals surface area contributed by atoms with Crippen molar-refractivity contribution in [2.45, 2.75) is 6.04 Å². The number of hydrogen-bond acceptors (Lipinski definition) is 5. The van der Waals surface area contributed by atoms with E-state index in [2.05, 4.69) is 10.3 Å². The molecular formula is C15H16N2O4. The molecule has 0 bridgehead atoms. The number of carboxylic acids is 1. The third-order valence-electron chi connectivity index (χ3n) is 2.93. The second-order valence-corrected chi connectivity index (χ2v) is 4.28. The van der Waals surface area contributed by atoms with Gasteiger partial charge in [-0.3, -0.25) is 0 Å². The highest BCUT2D eigenvalue weighted by atomic mass is 16.5. The van der Waals surface area contributed by atoms with Gasteiger partial charge in [-0.2, -0.15) is 0 Å². The van der Waals surface area contributed by atoms with Crippen molar-refractivity contribution in [3.8, 4) is 11.6 Å². The van der Waals surface area contributed by atoms with Crippen molar-refractivity contribution in [2.24, 2.45) is 0 Å². The second-order valence-electron chi connectivity index (χ2n) is 4.28. The van der Waals surface area contributed by atoms with Gasteiger partial charge in [0.2, 0.25) is 5.88 Å². The van der Waals surface area contributed by atoms with Crippen LogP contribution in [0.5, 0.6) is 11.6 Å². The normalized spacial score (nSPS) is 11.5. The summed E-state index contributed by atoms with van der Waals surface area (Å²) < 4.78 is 10.1. The molecule has 0 amide bonds. The maximum Gasteiger partial charge on any atom is 0.330 e. The molecule has 1 aromatic carbocycles. The molecule has 0 radical (unpaired) electrons. The Labute approximate surface area is 122 Å². The summed E-state index contributed by atoms with van der Waals surface area (Å²) in [7, 11) is 3.06. The van der Waals surface area contributed by atoms with Gasteiger partial charge < -0.3 is 19.9 Å². The number of benzene rings is 1. The summed E-state index contributed by atoms with van der Waals surface area (Å²) in [6.45, 7) is 0. The number of hydrogen-bond donors (Lipinski definition) is 2. The van der Waals surface area contributed by atoms with Crippen molar-refractivity contribution in [3.05, 3.63) is 48.2 Å². The van der Waals surface area contributed by atoms with Crippen LogP contribution in [0.25, 0.3) is 0 Å². The van der Waals surface area contributed by atoms with Crippen molar-refractivity contribution in [2.75, 3.05) is 19.5 Å². The molecule has 1 unspecified atom stereocenters. The van der Waals surface area contributed by atoms with Gasteiger partial charge in [0.1, 0.15) is 5.75 Å². The number of carbonyl (C=O) groups is 1.